The molecule has 1 fully saturated rings. The summed E-state index contributed by atoms with van der Waals surface area (Å²) in [6, 6.07) is 11.8. The van der Waals surface area contributed by atoms with Crippen LogP contribution in [0.25, 0.3) is 0 Å². The van der Waals surface area contributed by atoms with Gasteiger partial charge in [0.2, 0.25) is 0 Å². The zero-order valence-corrected chi connectivity index (χ0v) is 15.0. The third-order valence-corrected chi connectivity index (χ3v) is 6.74. The van der Waals surface area contributed by atoms with Gasteiger partial charge in [0.25, 0.3) is 5.91 Å². The van der Waals surface area contributed by atoms with Gasteiger partial charge in [0, 0.05) is 17.2 Å². The minimum atomic E-state index is -0.524. The molecule has 1 amide bonds. The van der Waals surface area contributed by atoms with Crippen LogP contribution in [0.3, 0.4) is 0 Å². The van der Waals surface area contributed by atoms with Crippen LogP contribution >= 0.6 is 35.1 Å². The van der Waals surface area contributed by atoms with Crippen molar-refractivity contribution in [2.24, 2.45) is 0 Å². The predicted molar refractivity (Wildman–Crippen MR) is 99.6 cm³/mol. The molecule has 0 aromatic heterocycles. The van der Waals surface area contributed by atoms with Crippen LogP contribution in [-0.4, -0.2) is 24.0 Å². The summed E-state index contributed by atoms with van der Waals surface area (Å²) < 4.78 is 19.0. The highest BCUT2D eigenvalue weighted by atomic mass is 35.5. The number of ether oxygens (including phenoxy) is 1. The van der Waals surface area contributed by atoms with Gasteiger partial charge in [-0.25, -0.2) is 4.39 Å². The van der Waals surface area contributed by atoms with Crippen molar-refractivity contribution in [1.29, 1.82) is 0 Å². The number of benzene rings is 2. The first-order valence-corrected chi connectivity index (χ1v) is 9.80. The molecule has 0 atom stereocenters. The van der Waals surface area contributed by atoms with Crippen molar-refractivity contribution in [2.45, 2.75) is 4.58 Å². The smallest absolute Gasteiger partial charge is 0.262 e. The van der Waals surface area contributed by atoms with Crippen LogP contribution in [0.15, 0.2) is 42.5 Å². The van der Waals surface area contributed by atoms with Crippen molar-refractivity contribution in [3.63, 3.8) is 0 Å². The fraction of sp³-hybridized carbons (Fsp3) is 0.235. The van der Waals surface area contributed by atoms with E-state index in [9.17, 15) is 9.18 Å². The summed E-state index contributed by atoms with van der Waals surface area (Å²) in [5, 5.41) is 2.58. The number of amides is 1. The van der Waals surface area contributed by atoms with Crippen molar-refractivity contribution >= 4 is 46.7 Å². The van der Waals surface area contributed by atoms with Crippen LogP contribution in [0.2, 0.25) is 5.02 Å². The molecular weight excluding hydrogens is 369 g/mol. The molecule has 0 unspecified atom stereocenters. The minimum Gasteiger partial charge on any atom is -0.484 e. The summed E-state index contributed by atoms with van der Waals surface area (Å²) in [7, 11) is 0. The zero-order valence-electron chi connectivity index (χ0n) is 12.6. The standard InChI is InChI=1S/C17H15ClFNO2S2/c18-14-9-12(3-6-15(14)19)20-16(21)10-22-13-4-1-11(2-5-13)17-23-7-8-24-17/h1-6,9,17H,7-8,10H2,(H,20,21). The molecule has 1 heterocycles. The van der Waals surface area contributed by atoms with Crippen LogP contribution in [0.4, 0.5) is 10.1 Å². The third kappa shape index (κ3) is 4.59. The average Bonchev–Trinajstić information content (AvgIpc) is 3.11. The molecule has 1 saturated heterocycles. The summed E-state index contributed by atoms with van der Waals surface area (Å²) in [4.78, 5) is 11.9. The zero-order chi connectivity index (χ0) is 16.9. The van der Waals surface area contributed by atoms with E-state index in [1.165, 1.54) is 35.3 Å². The first-order valence-electron chi connectivity index (χ1n) is 7.33. The minimum absolute atomic E-state index is 0.0352. The molecule has 0 radical (unpaired) electrons. The lowest BCUT2D eigenvalue weighted by Crippen LogP contribution is -2.20. The van der Waals surface area contributed by atoms with Gasteiger partial charge in [-0.15, -0.1) is 23.5 Å². The predicted octanol–water partition coefficient (Wildman–Crippen LogP) is 4.98. The highest BCUT2D eigenvalue weighted by Crippen LogP contribution is 2.45. The Labute approximate surface area is 153 Å². The molecule has 1 aliphatic rings. The number of hydrogen-bond acceptors (Lipinski definition) is 4. The van der Waals surface area contributed by atoms with E-state index in [4.69, 9.17) is 16.3 Å². The molecule has 2 aromatic rings. The Morgan fingerprint density at radius 2 is 1.92 bits per heavy atom. The summed E-state index contributed by atoms with van der Waals surface area (Å²) in [6.07, 6.45) is 0. The van der Waals surface area contributed by atoms with Crippen molar-refractivity contribution < 1.29 is 13.9 Å². The summed E-state index contributed by atoms with van der Waals surface area (Å²) in [5.41, 5.74) is 1.70. The van der Waals surface area contributed by atoms with Gasteiger partial charge in [0.05, 0.1) is 9.60 Å². The van der Waals surface area contributed by atoms with Crippen LogP contribution in [0.5, 0.6) is 5.75 Å². The Morgan fingerprint density at radius 1 is 1.21 bits per heavy atom. The number of hydrogen-bond donors (Lipinski definition) is 1. The lowest BCUT2D eigenvalue weighted by atomic mass is 10.2. The monoisotopic (exact) mass is 383 g/mol. The van der Waals surface area contributed by atoms with Gasteiger partial charge in [-0.05, 0) is 35.9 Å². The molecule has 1 aliphatic heterocycles. The van der Waals surface area contributed by atoms with E-state index in [0.717, 1.165) is 0 Å². The van der Waals surface area contributed by atoms with Gasteiger partial charge in [-0.1, -0.05) is 23.7 Å². The number of carbonyl (C=O) groups is 1. The van der Waals surface area contributed by atoms with E-state index < -0.39 is 5.82 Å². The average molecular weight is 384 g/mol. The molecule has 126 valence electrons. The first kappa shape index (κ1) is 17.5. The number of carbonyl (C=O) groups excluding carboxylic acids is 1. The van der Waals surface area contributed by atoms with Gasteiger partial charge >= 0.3 is 0 Å². The second kappa shape index (κ2) is 8.14. The molecular formula is C17H15ClFNO2S2. The number of nitrogens with one attached hydrogen (secondary N) is 1. The summed E-state index contributed by atoms with van der Waals surface area (Å²) >= 11 is 9.56. The van der Waals surface area contributed by atoms with Crippen molar-refractivity contribution in [2.75, 3.05) is 23.4 Å². The maximum absolute atomic E-state index is 13.1. The third-order valence-electron chi connectivity index (χ3n) is 3.35. The molecule has 3 rings (SSSR count). The second-order valence-electron chi connectivity index (χ2n) is 5.11. The highest BCUT2D eigenvalue weighted by Gasteiger charge is 2.18. The van der Waals surface area contributed by atoms with Crippen molar-refractivity contribution in [3.8, 4) is 5.75 Å². The Bertz CT molecular complexity index is 721. The van der Waals surface area contributed by atoms with E-state index in [2.05, 4.69) is 5.32 Å². The number of halogens is 2. The van der Waals surface area contributed by atoms with Crippen LogP contribution in [0.1, 0.15) is 10.1 Å². The van der Waals surface area contributed by atoms with E-state index >= 15 is 0 Å². The fourth-order valence-electron chi connectivity index (χ4n) is 2.19. The number of thioether (sulfide) groups is 2. The van der Waals surface area contributed by atoms with E-state index in [0.29, 0.717) is 16.0 Å². The normalized spacial score (nSPS) is 14.6. The topological polar surface area (TPSA) is 38.3 Å². The Balaban J connectivity index is 1.51. The summed E-state index contributed by atoms with van der Waals surface area (Å²) in [5.74, 6) is 2.15. The maximum Gasteiger partial charge on any atom is 0.262 e. The van der Waals surface area contributed by atoms with Crippen LogP contribution in [0, 0.1) is 5.82 Å². The summed E-state index contributed by atoms with van der Waals surface area (Å²) in [6.45, 7) is -0.124. The van der Waals surface area contributed by atoms with Crippen LogP contribution in [-0.2, 0) is 4.79 Å². The molecule has 0 bridgehead atoms. The molecule has 7 heteroatoms. The van der Waals surface area contributed by atoms with Gasteiger partial charge < -0.3 is 10.1 Å². The Morgan fingerprint density at radius 3 is 2.58 bits per heavy atom. The molecule has 24 heavy (non-hydrogen) atoms. The second-order valence-corrected chi connectivity index (χ2v) is 8.24. The Kier molecular flexibility index (Phi) is 5.92. The molecule has 2 aromatic carbocycles. The largest absolute Gasteiger partial charge is 0.484 e. The maximum atomic E-state index is 13.1. The van der Waals surface area contributed by atoms with Gasteiger partial charge in [0.1, 0.15) is 11.6 Å². The van der Waals surface area contributed by atoms with E-state index in [-0.39, 0.29) is 17.5 Å². The Hall–Kier alpha value is -1.37. The van der Waals surface area contributed by atoms with Gasteiger partial charge in [-0.2, -0.15) is 0 Å². The van der Waals surface area contributed by atoms with Gasteiger partial charge in [-0.3, -0.25) is 4.79 Å². The van der Waals surface area contributed by atoms with Gasteiger partial charge in [0.15, 0.2) is 6.61 Å². The number of anilines is 1. The molecule has 3 nitrogen and oxygen atoms in total. The number of rotatable bonds is 5. The van der Waals surface area contributed by atoms with Crippen LogP contribution < -0.4 is 10.1 Å². The quantitative estimate of drug-likeness (QED) is 0.790. The highest BCUT2D eigenvalue weighted by molar-refractivity contribution is 8.19. The van der Waals surface area contributed by atoms with Crippen molar-refractivity contribution in [1.82, 2.24) is 0 Å². The lowest BCUT2D eigenvalue weighted by molar-refractivity contribution is -0.118. The van der Waals surface area contributed by atoms with Crippen molar-refractivity contribution in [3.05, 3.63) is 58.9 Å². The van der Waals surface area contributed by atoms with E-state index in [1.807, 2.05) is 47.8 Å². The molecule has 0 saturated carbocycles. The SMILES string of the molecule is O=C(COc1ccc(C2SCCS2)cc1)Nc1ccc(F)c(Cl)c1. The van der Waals surface area contributed by atoms with E-state index in [1.54, 1.807) is 0 Å². The lowest BCUT2D eigenvalue weighted by Gasteiger charge is -2.11. The molecule has 0 aliphatic carbocycles. The molecule has 0 spiro atoms. The fourth-order valence-corrected chi connectivity index (χ4v) is 5.23. The molecule has 1 N–H and O–H groups in total. The first-order chi connectivity index (χ1) is 11.6.